The van der Waals surface area contributed by atoms with Gasteiger partial charge in [-0.15, -0.1) is 0 Å². The average molecular weight is 519 g/mol. The SMILES string of the molecule is COC1O[C@@H](COC(=O)c2ccc(C)cc2)[C@H](OC(=O)c2ccc(C)cc2)[C@H]1OC(=O)c1ccc(C)cc1. The molecule has 4 rings (SSSR count). The molecule has 0 spiro atoms. The number of carbonyl (C=O) groups is 3. The second-order valence-electron chi connectivity index (χ2n) is 9.22. The fraction of sp³-hybridized carbons (Fsp3) is 0.300. The van der Waals surface area contributed by atoms with E-state index in [9.17, 15) is 14.4 Å². The van der Waals surface area contributed by atoms with Gasteiger partial charge in [-0.05, 0) is 57.2 Å². The number of hydrogen-bond donors (Lipinski definition) is 0. The van der Waals surface area contributed by atoms with Crippen molar-refractivity contribution in [3.05, 3.63) is 106 Å². The van der Waals surface area contributed by atoms with E-state index in [0.29, 0.717) is 16.7 Å². The minimum Gasteiger partial charge on any atom is -0.459 e. The molecule has 0 amide bonds. The Balaban J connectivity index is 1.55. The second-order valence-corrected chi connectivity index (χ2v) is 9.22. The predicted molar refractivity (Wildman–Crippen MR) is 138 cm³/mol. The summed E-state index contributed by atoms with van der Waals surface area (Å²) < 4.78 is 28.3. The van der Waals surface area contributed by atoms with Gasteiger partial charge in [0.15, 0.2) is 18.5 Å². The van der Waals surface area contributed by atoms with Gasteiger partial charge in [0.1, 0.15) is 12.7 Å². The average Bonchev–Trinajstić information content (AvgIpc) is 3.24. The van der Waals surface area contributed by atoms with E-state index >= 15 is 0 Å². The molecule has 198 valence electrons. The number of methoxy groups -OCH3 is 1. The summed E-state index contributed by atoms with van der Waals surface area (Å²) in [6.45, 7) is 5.47. The van der Waals surface area contributed by atoms with Gasteiger partial charge in [0, 0.05) is 7.11 Å². The van der Waals surface area contributed by atoms with Crippen LogP contribution >= 0.6 is 0 Å². The van der Waals surface area contributed by atoms with E-state index in [4.69, 9.17) is 23.7 Å². The zero-order valence-electron chi connectivity index (χ0n) is 21.7. The quantitative estimate of drug-likeness (QED) is 0.316. The van der Waals surface area contributed by atoms with Crippen molar-refractivity contribution in [2.24, 2.45) is 0 Å². The van der Waals surface area contributed by atoms with Gasteiger partial charge in [0.05, 0.1) is 16.7 Å². The summed E-state index contributed by atoms with van der Waals surface area (Å²) in [7, 11) is 1.39. The Morgan fingerprint density at radius 1 is 0.632 bits per heavy atom. The summed E-state index contributed by atoms with van der Waals surface area (Å²) in [6.07, 6.45) is -4.21. The standard InChI is InChI=1S/C30H30O8/c1-18-5-11-21(12-6-18)27(31)35-17-24-25(37-28(32)22-13-7-19(2)8-14-22)26(30(34-4)36-24)38-29(33)23-15-9-20(3)10-16-23/h5-16,24-26,30H,17H2,1-4H3/t24-,25-,26+,30?/m0/s1. The van der Waals surface area contributed by atoms with E-state index in [1.807, 2.05) is 20.8 Å². The Kier molecular flexibility index (Phi) is 8.55. The Hall–Kier alpha value is -4.01. The maximum atomic E-state index is 13.0. The number of ether oxygens (including phenoxy) is 5. The molecule has 1 fully saturated rings. The van der Waals surface area contributed by atoms with Crippen molar-refractivity contribution in [2.75, 3.05) is 13.7 Å². The van der Waals surface area contributed by atoms with Gasteiger partial charge in [-0.2, -0.15) is 0 Å². The molecule has 0 saturated carbocycles. The molecule has 38 heavy (non-hydrogen) atoms. The Bertz CT molecular complexity index is 1270. The lowest BCUT2D eigenvalue weighted by Gasteiger charge is -2.24. The molecule has 0 radical (unpaired) electrons. The summed E-state index contributed by atoms with van der Waals surface area (Å²) >= 11 is 0. The van der Waals surface area contributed by atoms with E-state index in [1.165, 1.54) is 7.11 Å². The van der Waals surface area contributed by atoms with Crippen molar-refractivity contribution in [2.45, 2.75) is 45.4 Å². The van der Waals surface area contributed by atoms with E-state index in [2.05, 4.69) is 0 Å². The van der Waals surface area contributed by atoms with Gasteiger partial charge in [-0.1, -0.05) is 53.1 Å². The van der Waals surface area contributed by atoms with Gasteiger partial charge >= 0.3 is 17.9 Å². The zero-order chi connectivity index (χ0) is 27.2. The van der Waals surface area contributed by atoms with E-state index in [-0.39, 0.29) is 6.61 Å². The van der Waals surface area contributed by atoms with Gasteiger partial charge in [0.25, 0.3) is 0 Å². The Morgan fingerprint density at radius 3 is 1.45 bits per heavy atom. The molecule has 8 heteroatoms. The first kappa shape index (κ1) is 27.0. The Labute approximate surface area is 221 Å². The maximum absolute atomic E-state index is 13.0. The van der Waals surface area contributed by atoms with Crippen LogP contribution in [-0.2, 0) is 23.7 Å². The minimum absolute atomic E-state index is 0.253. The highest BCUT2D eigenvalue weighted by Crippen LogP contribution is 2.29. The summed E-state index contributed by atoms with van der Waals surface area (Å²) in [6, 6.07) is 20.6. The van der Waals surface area contributed by atoms with Crippen LogP contribution in [0.3, 0.4) is 0 Å². The zero-order valence-corrected chi connectivity index (χ0v) is 21.7. The van der Waals surface area contributed by atoms with Crippen LogP contribution in [0.5, 0.6) is 0 Å². The van der Waals surface area contributed by atoms with Crippen molar-refractivity contribution in [1.82, 2.24) is 0 Å². The molecular weight excluding hydrogens is 488 g/mol. The third kappa shape index (κ3) is 6.45. The molecule has 0 aromatic heterocycles. The molecule has 0 N–H and O–H groups in total. The van der Waals surface area contributed by atoms with Crippen LogP contribution in [0, 0.1) is 20.8 Å². The molecule has 1 heterocycles. The molecule has 1 saturated heterocycles. The Morgan fingerprint density at radius 2 is 1.03 bits per heavy atom. The number of esters is 3. The van der Waals surface area contributed by atoms with Gasteiger partial charge in [-0.25, -0.2) is 14.4 Å². The summed E-state index contributed by atoms with van der Waals surface area (Å²) in [5.41, 5.74) is 3.98. The minimum atomic E-state index is -1.11. The lowest BCUT2D eigenvalue weighted by Crippen LogP contribution is -2.42. The first-order valence-corrected chi connectivity index (χ1v) is 12.2. The molecule has 3 aromatic rings. The molecule has 0 aliphatic carbocycles. The van der Waals surface area contributed by atoms with Crippen LogP contribution in [0.25, 0.3) is 0 Å². The van der Waals surface area contributed by atoms with Gasteiger partial charge in [0.2, 0.25) is 0 Å². The van der Waals surface area contributed by atoms with Crippen molar-refractivity contribution in [1.29, 1.82) is 0 Å². The summed E-state index contributed by atoms with van der Waals surface area (Å²) in [4.78, 5) is 38.6. The molecule has 0 bridgehead atoms. The van der Waals surface area contributed by atoms with E-state index in [1.54, 1.807) is 72.8 Å². The number of carbonyl (C=O) groups excluding carboxylic acids is 3. The number of rotatable bonds is 8. The molecule has 1 unspecified atom stereocenters. The van der Waals surface area contributed by atoms with Crippen molar-refractivity contribution in [3.63, 3.8) is 0 Å². The lowest BCUT2D eigenvalue weighted by molar-refractivity contribution is -0.155. The topological polar surface area (TPSA) is 97.4 Å². The van der Waals surface area contributed by atoms with Gasteiger partial charge in [-0.3, -0.25) is 0 Å². The first-order chi connectivity index (χ1) is 18.2. The van der Waals surface area contributed by atoms with Crippen LogP contribution in [0.15, 0.2) is 72.8 Å². The van der Waals surface area contributed by atoms with Crippen LogP contribution in [0.4, 0.5) is 0 Å². The molecule has 3 aromatic carbocycles. The fourth-order valence-electron chi connectivity index (χ4n) is 3.98. The third-order valence-corrected chi connectivity index (χ3v) is 6.23. The van der Waals surface area contributed by atoms with E-state index in [0.717, 1.165) is 16.7 Å². The molecule has 1 aliphatic rings. The second kappa shape index (κ2) is 12.0. The number of aryl methyl sites for hydroxylation is 3. The maximum Gasteiger partial charge on any atom is 0.338 e. The lowest BCUT2D eigenvalue weighted by atomic mass is 10.1. The fourth-order valence-corrected chi connectivity index (χ4v) is 3.98. The molecule has 4 atom stereocenters. The van der Waals surface area contributed by atoms with E-state index < -0.39 is 42.5 Å². The molecular formula is C30H30O8. The molecule has 1 aliphatic heterocycles. The van der Waals surface area contributed by atoms with Crippen LogP contribution in [0.2, 0.25) is 0 Å². The smallest absolute Gasteiger partial charge is 0.338 e. The van der Waals surface area contributed by atoms with Crippen LogP contribution in [0.1, 0.15) is 47.8 Å². The van der Waals surface area contributed by atoms with Crippen LogP contribution in [-0.4, -0.2) is 56.2 Å². The highest BCUT2D eigenvalue weighted by Gasteiger charge is 2.50. The van der Waals surface area contributed by atoms with Crippen molar-refractivity contribution in [3.8, 4) is 0 Å². The van der Waals surface area contributed by atoms with Crippen molar-refractivity contribution < 1.29 is 38.1 Å². The van der Waals surface area contributed by atoms with Crippen LogP contribution < -0.4 is 0 Å². The highest BCUT2D eigenvalue weighted by atomic mass is 16.7. The molecule has 8 nitrogen and oxygen atoms in total. The third-order valence-electron chi connectivity index (χ3n) is 6.23. The number of hydrogen-bond acceptors (Lipinski definition) is 8. The monoisotopic (exact) mass is 518 g/mol. The first-order valence-electron chi connectivity index (χ1n) is 12.2. The number of benzene rings is 3. The normalized spacial score (nSPS) is 20.5. The highest BCUT2D eigenvalue weighted by molar-refractivity contribution is 5.91. The predicted octanol–water partition coefficient (Wildman–Crippen LogP) is 4.59. The summed E-state index contributed by atoms with van der Waals surface area (Å²) in [5.74, 6) is -1.83. The van der Waals surface area contributed by atoms with Gasteiger partial charge < -0.3 is 23.7 Å². The summed E-state index contributed by atoms with van der Waals surface area (Å²) in [5, 5.41) is 0. The van der Waals surface area contributed by atoms with Crippen molar-refractivity contribution >= 4 is 17.9 Å². The largest absolute Gasteiger partial charge is 0.459 e.